The van der Waals surface area contributed by atoms with Crippen molar-refractivity contribution in [3.05, 3.63) is 58.1 Å². The largest absolute Gasteiger partial charge is 0.493 e. The first-order chi connectivity index (χ1) is 14.6. The van der Waals surface area contributed by atoms with Gasteiger partial charge in [-0.05, 0) is 53.1 Å². The van der Waals surface area contributed by atoms with Crippen LogP contribution in [0.3, 0.4) is 0 Å². The number of hydrogen-bond acceptors (Lipinski definition) is 7. The van der Waals surface area contributed by atoms with Gasteiger partial charge in [-0.25, -0.2) is 4.68 Å². The lowest BCUT2D eigenvalue weighted by molar-refractivity contribution is 0.283. The number of aromatic nitrogens is 4. The second-order valence-electron chi connectivity index (χ2n) is 6.77. The van der Waals surface area contributed by atoms with Gasteiger partial charge in [-0.15, -0.1) is 5.10 Å². The second kappa shape index (κ2) is 11.2. The Labute approximate surface area is 186 Å². The smallest absolute Gasteiger partial charge is 0.209 e. The average Bonchev–Trinajstić information content (AvgIpc) is 3.15. The minimum absolute atomic E-state index is 0.468. The molecule has 1 heterocycles. The lowest BCUT2D eigenvalue weighted by Crippen LogP contribution is -2.16. The molecular weight excluding hydrogens is 422 g/mol. The second-order valence-corrected chi connectivity index (χ2v) is 8.24. The van der Waals surface area contributed by atoms with Gasteiger partial charge >= 0.3 is 0 Å². The van der Waals surface area contributed by atoms with Crippen LogP contribution in [0.25, 0.3) is 0 Å². The van der Waals surface area contributed by atoms with Crippen LogP contribution in [0.4, 0.5) is 0 Å². The van der Waals surface area contributed by atoms with Crippen LogP contribution in [0.15, 0.2) is 41.6 Å². The summed E-state index contributed by atoms with van der Waals surface area (Å²) in [5.41, 5.74) is 3.30. The fourth-order valence-electron chi connectivity index (χ4n) is 2.84. The number of tetrazole rings is 1. The number of thioether (sulfide) groups is 1. The molecule has 0 radical (unpaired) electrons. The zero-order valence-electron chi connectivity index (χ0n) is 17.4. The van der Waals surface area contributed by atoms with E-state index in [2.05, 4.69) is 39.9 Å². The third-order valence-electron chi connectivity index (χ3n) is 4.60. The van der Waals surface area contributed by atoms with Crippen molar-refractivity contribution >= 4 is 23.4 Å². The number of aryl methyl sites for hydroxylation is 2. The molecule has 7 nitrogen and oxygen atoms in total. The fourth-order valence-corrected chi connectivity index (χ4v) is 3.85. The third-order valence-corrected chi connectivity index (χ3v) is 6.05. The molecule has 0 fully saturated rings. The number of nitrogens with zero attached hydrogens (tertiary/aromatic N) is 4. The summed E-state index contributed by atoms with van der Waals surface area (Å²) in [6, 6.07) is 11.9. The van der Waals surface area contributed by atoms with E-state index in [0.717, 1.165) is 35.0 Å². The van der Waals surface area contributed by atoms with Gasteiger partial charge in [0.2, 0.25) is 5.16 Å². The molecule has 0 aliphatic rings. The van der Waals surface area contributed by atoms with Crippen molar-refractivity contribution in [3.8, 4) is 11.5 Å². The van der Waals surface area contributed by atoms with Crippen molar-refractivity contribution in [1.82, 2.24) is 25.5 Å². The maximum Gasteiger partial charge on any atom is 0.209 e. The lowest BCUT2D eigenvalue weighted by Gasteiger charge is -2.15. The molecular formula is C21H26ClN5O2S. The molecule has 3 rings (SSSR count). The molecule has 0 saturated carbocycles. The van der Waals surface area contributed by atoms with Gasteiger partial charge in [0.1, 0.15) is 6.61 Å². The van der Waals surface area contributed by atoms with Gasteiger partial charge in [0, 0.05) is 30.4 Å². The lowest BCUT2D eigenvalue weighted by atomic mass is 10.1. The van der Waals surface area contributed by atoms with Crippen molar-refractivity contribution in [2.75, 3.05) is 19.4 Å². The van der Waals surface area contributed by atoms with Crippen LogP contribution in [-0.4, -0.2) is 39.6 Å². The van der Waals surface area contributed by atoms with E-state index < -0.39 is 0 Å². The summed E-state index contributed by atoms with van der Waals surface area (Å²) in [7, 11) is 3.48. The Bertz CT molecular complexity index is 966. The maximum atomic E-state index is 6.49. The normalized spacial score (nSPS) is 10.9. The summed E-state index contributed by atoms with van der Waals surface area (Å²) in [6.07, 6.45) is 0.990. The minimum Gasteiger partial charge on any atom is -0.493 e. The fraction of sp³-hybridized carbons (Fsp3) is 0.381. The summed E-state index contributed by atoms with van der Waals surface area (Å²) in [6.45, 7) is 4.06. The highest BCUT2D eigenvalue weighted by Crippen LogP contribution is 2.34. The van der Waals surface area contributed by atoms with Crippen LogP contribution in [0.5, 0.6) is 11.5 Å². The van der Waals surface area contributed by atoms with E-state index in [9.17, 15) is 0 Å². The van der Waals surface area contributed by atoms with E-state index in [1.54, 1.807) is 23.6 Å². The molecule has 0 aliphatic carbocycles. The Hall–Kier alpha value is -2.29. The molecule has 0 unspecified atom stereocenters. The van der Waals surface area contributed by atoms with E-state index in [1.165, 1.54) is 5.56 Å². The predicted octanol–water partition coefficient (Wildman–Crippen LogP) is 4.03. The summed E-state index contributed by atoms with van der Waals surface area (Å²) < 4.78 is 13.2. The van der Waals surface area contributed by atoms with Crippen LogP contribution in [0, 0.1) is 6.92 Å². The minimum atomic E-state index is 0.468. The molecule has 0 spiro atoms. The summed E-state index contributed by atoms with van der Waals surface area (Å²) in [4.78, 5) is 0. The molecule has 0 saturated heterocycles. The van der Waals surface area contributed by atoms with Crippen LogP contribution in [0.2, 0.25) is 5.02 Å². The Morgan fingerprint density at radius 1 is 1.17 bits per heavy atom. The van der Waals surface area contributed by atoms with E-state index in [0.29, 0.717) is 29.7 Å². The highest BCUT2D eigenvalue weighted by molar-refractivity contribution is 7.99. The van der Waals surface area contributed by atoms with Gasteiger partial charge < -0.3 is 14.8 Å². The van der Waals surface area contributed by atoms with Crippen molar-refractivity contribution in [2.24, 2.45) is 7.05 Å². The molecule has 0 aliphatic heterocycles. The molecule has 160 valence electrons. The molecule has 1 aromatic heterocycles. The quantitative estimate of drug-likeness (QED) is 0.351. The molecule has 3 aromatic rings. The van der Waals surface area contributed by atoms with Crippen molar-refractivity contribution in [3.63, 3.8) is 0 Å². The van der Waals surface area contributed by atoms with Crippen LogP contribution >= 0.6 is 23.4 Å². The number of ether oxygens (including phenoxy) is 2. The first-order valence-corrected chi connectivity index (χ1v) is 11.0. The van der Waals surface area contributed by atoms with E-state index in [1.807, 2.05) is 31.3 Å². The topological polar surface area (TPSA) is 74.1 Å². The average molecular weight is 448 g/mol. The molecule has 0 amide bonds. The number of benzene rings is 2. The predicted molar refractivity (Wildman–Crippen MR) is 119 cm³/mol. The van der Waals surface area contributed by atoms with Gasteiger partial charge in [-0.3, -0.25) is 0 Å². The number of hydrogen-bond donors (Lipinski definition) is 1. The van der Waals surface area contributed by atoms with Crippen LogP contribution in [-0.2, 0) is 20.2 Å². The van der Waals surface area contributed by atoms with Crippen molar-refractivity contribution in [1.29, 1.82) is 0 Å². The molecule has 30 heavy (non-hydrogen) atoms. The molecule has 0 atom stereocenters. The van der Waals surface area contributed by atoms with E-state index >= 15 is 0 Å². The first kappa shape index (κ1) is 22.4. The Morgan fingerprint density at radius 3 is 2.73 bits per heavy atom. The van der Waals surface area contributed by atoms with Crippen LogP contribution in [0.1, 0.15) is 23.1 Å². The Kier molecular flexibility index (Phi) is 8.36. The zero-order chi connectivity index (χ0) is 21.3. The molecule has 0 bridgehead atoms. The number of rotatable bonds is 11. The van der Waals surface area contributed by atoms with Gasteiger partial charge in [-0.2, -0.15) is 0 Å². The zero-order valence-corrected chi connectivity index (χ0v) is 19.0. The maximum absolute atomic E-state index is 6.49. The van der Waals surface area contributed by atoms with Gasteiger partial charge in [0.05, 0.1) is 7.11 Å². The molecule has 1 N–H and O–H groups in total. The molecule has 2 aromatic carbocycles. The molecule has 9 heteroatoms. The third kappa shape index (κ3) is 6.10. The first-order valence-electron chi connectivity index (χ1n) is 9.68. The van der Waals surface area contributed by atoms with Crippen molar-refractivity contribution < 1.29 is 9.47 Å². The van der Waals surface area contributed by atoms with E-state index in [4.69, 9.17) is 21.1 Å². The van der Waals surface area contributed by atoms with Gasteiger partial charge in [-0.1, -0.05) is 47.6 Å². The SMILES string of the molecule is COc1cc(CNCCCSc2nnnn2C)c(Cl)cc1OCc1ccccc1C. The van der Waals surface area contributed by atoms with Crippen molar-refractivity contribution in [2.45, 2.75) is 31.7 Å². The number of methoxy groups -OCH3 is 1. The highest BCUT2D eigenvalue weighted by atomic mass is 35.5. The standard InChI is InChI=1S/C21H26ClN5O2S/c1-15-7-4-5-8-16(15)14-29-20-12-18(22)17(11-19(20)28-3)13-23-9-6-10-30-21-24-25-26-27(21)2/h4-5,7-8,11-12,23H,6,9-10,13-14H2,1-3H3. The van der Waals surface area contributed by atoms with Gasteiger partial charge in [0.15, 0.2) is 11.5 Å². The Balaban J connectivity index is 1.49. The van der Waals surface area contributed by atoms with Gasteiger partial charge in [0.25, 0.3) is 0 Å². The summed E-state index contributed by atoms with van der Waals surface area (Å²) in [5.74, 6) is 2.25. The highest BCUT2D eigenvalue weighted by Gasteiger charge is 2.11. The van der Waals surface area contributed by atoms with E-state index in [-0.39, 0.29) is 0 Å². The summed E-state index contributed by atoms with van der Waals surface area (Å²) in [5, 5.41) is 16.3. The number of halogens is 1. The summed E-state index contributed by atoms with van der Waals surface area (Å²) >= 11 is 8.13. The van der Waals surface area contributed by atoms with Crippen LogP contribution < -0.4 is 14.8 Å². The monoisotopic (exact) mass is 447 g/mol. The Morgan fingerprint density at radius 2 is 2.00 bits per heavy atom. The number of nitrogens with one attached hydrogen (secondary N) is 1.